The van der Waals surface area contributed by atoms with Crippen LogP contribution in [0.25, 0.3) is 16.5 Å². The van der Waals surface area contributed by atoms with Crippen molar-refractivity contribution in [3.05, 3.63) is 59.3 Å². The maximum atomic E-state index is 13.0. The zero-order valence-corrected chi connectivity index (χ0v) is 40.9. The number of aromatic carboxylic acids is 1. The number of hydrogen-bond acceptors (Lipinski definition) is 25. The van der Waals surface area contributed by atoms with E-state index < -0.39 is 129 Å². The Kier molecular flexibility index (Phi) is 15.7. The van der Waals surface area contributed by atoms with Crippen LogP contribution in [-0.2, 0) is 45.3 Å². The van der Waals surface area contributed by atoms with Gasteiger partial charge in [0.25, 0.3) is 45.6 Å². The fraction of sp³-hybridized carbons (Fsp3) is 0.194. The first-order valence-corrected chi connectivity index (χ1v) is 27.0. The molecule has 6 aromatic rings. The fourth-order valence-corrected chi connectivity index (χ4v) is 10.2. The van der Waals surface area contributed by atoms with Crippen molar-refractivity contribution < 1.29 is 91.7 Å². The molecule has 382 valence electrons. The van der Waals surface area contributed by atoms with Crippen LogP contribution in [0.5, 0.6) is 23.1 Å². The lowest BCUT2D eigenvalue weighted by atomic mass is 10.1. The molecule has 30 nitrogen and oxygen atoms in total. The summed E-state index contributed by atoms with van der Waals surface area (Å²) < 4.78 is 144. The maximum absolute atomic E-state index is 13.0. The van der Waals surface area contributed by atoms with Gasteiger partial charge in [-0.15, -0.1) is 40.9 Å². The summed E-state index contributed by atoms with van der Waals surface area (Å²) in [4.78, 5) is 19.0. The Balaban J connectivity index is 1.43. The van der Waals surface area contributed by atoms with E-state index in [1.54, 1.807) is 0 Å². The summed E-state index contributed by atoms with van der Waals surface area (Å²) in [5.74, 6) is -6.99. The van der Waals surface area contributed by atoms with Crippen molar-refractivity contribution in [2.75, 3.05) is 18.1 Å². The number of azo groups is 3. The number of aliphatic carboxylic acids is 1. The zero-order chi connectivity index (χ0) is 53.2. The lowest BCUT2D eigenvalue weighted by Crippen LogP contribution is -2.08. The van der Waals surface area contributed by atoms with E-state index in [4.69, 9.17) is 9.84 Å². The summed E-state index contributed by atoms with van der Waals surface area (Å²) in [7, 11) is -20.6. The second-order valence-corrected chi connectivity index (χ2v) is 22.4. The number of aromatic hydroxyl groups is 3. The van der Waals surface area contributed by atoms with Crippen molar-refractivity contribution in [1.29, 1.82) is 0 Å². The molecule has 0 spiro atoms. The summed E-state index contributed by atoms with van der Waals surface area (Å²) >= 11 is 2.11. The average Bonchev–Trinajstić information content (AvgIpc) is 3.83. The molecular formula is C36H32N10O20S6. The number of rotatable bonds is 20. The minimum atomic E-state index is -5.53. The van der Waals surface area contributed by atoms with Gasteiger partial charge in [-0.2, -0.15) is 43.5 Å². The van der Waals surface area contributed by atoms with Gasteiger partial charge in [0.2, 0.25) is 5.88 Å². The van der Waals surface area contributed by atoms with Crippen molar-refractivity contribution in [1.82, 2.24) is 20.0 Å². The molecule has 0 aliphatic heterocycles. The number of fused-ring (bicyclic) bond motifs is 1. The molecule has 0 radical (unpaired) electrons. The summed E-state index contributed by atoms with van der Waals surface area (Å²) in [5, 5.41) is 85.3. The molecule has 0 bridgehead atoms. The van der Waals surface area contributed by atoms with Crippen LogP contribution in [0.1, 0.15) is 34.5 Å². The Morgan fingerprint density at radius 2 is 1.40 bits per heavy atom. The standard InChI is InChI=1S/C36H32N10O20S6/c1-15-10-23(25(66-7-3-9-69(54,55)56)14-22(15)38-42-35-43-44-36(68-35)67-8-6-27(47)48)39-41-29-26(71(60,61)62)13-19-18(31(29)50)4-5-21(32(19)72(63,64)65)37-40-28-16(2)45-46(33(28)51)24-12-17(70(57,58)59)11-20(30(24)49)34(52)53/h4-5,10-14,49-51H,3,6-9H2,1-2H3,(H,47,48)(H,52,53)(H,54,55,56)(H,57,58,59)(H,60,61,62)(H,63,64,65). The van der Waals surface area contributed by atoms with E-state index in [1.807, 2.05) is 0 Å². The molecule has 0 saturated heterocycles. The third-order valence-corrected chi connectivity index (χ3v) is 14.7. The molecule has 36 heteroatoms. The van der Waals surface area contributed by atoms with E-state index in [-0.39, 0.29) is 53.2 Å². The van der Waals surface area contributed by atoms with Gasteiger partial charge < -0.3 is 30.3 Å². The highest BCUT2D eigenvalue weighted by Gasteiger charge is 2.30. The van der Waals surface area contributed by atoms with Crippen LogP contribution in [0.15, 0.2) is 92.2 Å². The highest BCUT2D eigenvalue weighted by molar-refractivity contribution is 8.01. The molecule has 0 atom stereocenters. The van der Waals surface area contributed by atoms with Gasteiger partial charge in [0.1, 0.15) is 43.9 Å². The number of carboxylic acids is 2. The molecule has 4 aromatic carbocycles. The first-order chi connectivity index (χ1) is 33.4. The van der Waals surface area contributed by atoms with Gasteiger partial charge >= 0.3 is 11.9 Å². The minimum absolute atomic E-state index is 0.0655. The summed E-state index contributed by atoms with van der Waals surface area (Å²) in [6.07, 6.45) is -0.395. The number of hydrogen-bond donors (Lipinski definition) is 9. The molecule has 0 unspecified atom stereocenters. The molecule has 6 rings (SSSR count). The third-order valence-electron chi connectivity index (χ3n) is 9.30. The number of benzene rings is 4. The maximum Gasteiger partial charge on any atom is 0.339 e. The quantitative estimate of drug-likeness (QED) is 0.0170. The molecule has 0 aliphatic carbocycles. The van der Waals surface area contributed by atoms with Crippen molar-refractivity contribution >= 4 is 120 Å². The minimum Gasteiger partial charge on any atom is -0.505 e. The van der Waals surface area contributed by atoms with Crippen LogP contribution in [-0.4, -0.2) is 127 Å². The number of carbonyl (C=O) groups is 2. The molecule has 2 heterocycles. The van der Waals surface area contributed by atoms with Gasteiger partial charge in [-0.25, -0.2) is 4.79 Å². The van der Waals surface area contributed by atoms with Crippen LogP contribution < -0.4 is 4.74 Å². The number of carboxylic acid groups (broad SMARTS) is 2. The fourth-order valence-electron chi connectivity index (χ4n) is 6.10. The van der Waals surface area contributed by atoms with Crippen molar-refractivity contribution in [2.45, 2.75) is 45.7 Å². The largest absolute Gasteiger partial charge is 0.505 e. The second-order valence-electron chi connectivity index (χ2n) is 14.4. The Hall–Kier alpha value is -7.16. The summed E-state index contributed by atoms with van der Waals surface area (Å²) in [5.41, 5.74) is -4.47. The van der Waals surface area contributed by atoms with E-state index in [0.717, 1.165) is 42.2 Å². The first-order valence-electron chi connectivity index (χ1n) is 19.2. The van der Waals surface area contributed by atoms with Gasteiger partial charge in [0.05, 0.1) is 35.1 Å². The third kappa shape index (κ3) is 12.6. The second kappa shape index (κ2) is 20.9. The number of nitrogens with zero attached hydrogens (tertiary/aromatic N) is 10. The molecular weight excluding hydrogens is 1080 g/mol. The number of phenols is 2. The van der Waals surface area contributed by atoms with Crippen LogP contribution in [0, 0.1) is 13.8 Å². The van der Waals surface area contributed by atoms with Crippen LogP contribution in [0.3, 0.4) is 0 Å². The molecule has 2 aromatic heterocycles. The van der Waals surface area contributed by atoms with Crippen LogP contribution in [0.4, 0.5) is 33.6 Å². The SMILES string of the molecule is Cc1cc(N=Nc2c(S(=O)(=O)O)cc3c(S(=O)(=O)O)c(N=Nc4c(C)nn(-c5cc(S(=O)(=O)O)cc(C(=O)O)c5O)c4O)ccc3c2O)c(OCCCS(=O)(=O)O)cc1N=Nc1nnc(SCCC(=O)O)s1. The van der Waals surface area contributed by atoms with E-state index >= 15 is 0 Å². The molecule has 9 N–H and O–H groups in total. The number of thioether (sulfide) groups is 1. The number of phenolic OH excluding ortho intramolecular Hbond substituents is 1. The zero-order valence-electron chi connectivity index (χ0n) is 36.0. The first kappa shape index (κ1) is 54.2. The molecule has 0 fully saturated rings. The van der Waals surface area contributed by atoms with E-state index in [1.165, 1.54) is 19.1 Å². The Bertz CT molecular complexity index is 3770. The lowest BCUT2D eigenvalue weighted by molar-refractivity contribution is -0.136. The van der Waals surface area contributed by atoms with E-state index in [0.29, 0.717) is 32.8 Å². The van der Waals surface area contributed by atoms with Gasteiger partial charge in [-0.05, 0) is 62.2 Å². The molecule has 0 amide bonds. The average molecular weight is 1120 g/mol. The van der Waals surface area contributed by atoms with Gasteiger partial charge in [-0.3, -0.25) is 23.0 Å². The van der Waals surface area contributed by atoms with Crippen LogP contribution >= 0.6 is 23.1 Å². The normalized spacial score (nSPS) is 12.8. The Labute approximate surface area is 412 Å². The molecule has 72 heavy (non-hydrogen) atoms. The van der Waals surface area contributed by atoms with Gasteiger partial charge in [0, 0.05) is 22.6 Å². The number of aromatic nitrogens is 4. The molecule has 0 saturated carbocycles. The van der Waals surface area contributed by atoms with Crippen molar-refractivity contribution in [3.8, 4) is 28.8 Å². The lowest BCUT2D eigenvalue weighted by Gasteiger charge is -2.13. The Morgan fingerprint density at radius 3 is 2.03 bits per heavy atom. The molecule has 0 aliphatic rings. The van der Waals surface area contributed by atoms with Gasteiger partial charge in [0.15, 0.2) is 21.5 Å². The monoisotopic (exact) mass is 1120 g/mol. The number of aryl methyl sites for hydroxylation is 2. The van der Waals surface area contributed by atoms with Crippen molar-refractivity contribution in [2.24, 2.45) is 30.7 Å². The number of ether oxygens (including phenoxy) is 1. The van der Waals surface area contributed by atoms with E-state index in [2.05, 4.69) is 46.0 Å². The van der Waals surface area contributed by atoms with Crippen LogP contribution in [0.2, 0.25) is 0 Å². The predicted octanol–water partition coefficient (Wildman–Crippen LogP) is 6.52. The Morgan fingerprint density at radius 1 is 0.736 bits per heavy atom. The summed E-state index contributed by atoms with van der Waals surface area (Å²) in [6, 6.07) is 5.71. The topological polar surface area (TPSA) is 480 Å². The van der Waals surface area contributed by atoms with Gasteiger partial charge in [-0.1, -0.05) is 23.1 Å². The van der Waals surface area contributed by atoms with E-state index in [9.17, 15) is 81.9 Å². The summed E-state index contributed by atoms with van der Waals surface area (Å²) in [6.45, 7) is 2.29. The highest BCUT2D eigenvalue weighted by Crippen LogP contribution is 2.47. The predicted molar refractivity (Wildman–Crippen MR) is 247 cm³/mol. The van der Waals surface area contributed by atoms with Crippen molar-refractivity contribution in [3.63, 3.8) is 0 Å². The highest BCUT2D eigenvalue weighted by atomic mass is 32.2. The smallest absolute Gasteiger partial charge is 0.339 e.